The average Bonchev–Trinajstić information content (AvgIpc) is 3.09. The van der Waals surface area contributed by atoms with Gasteiger partial charge in [-0.25, -0.2) is 4.79 Å². The molecule has 0 saturated heterocycles. The van der Waals surface area contributed by atoms with Crippen molar-refractivity contribution in [3.63, 3.8) is 0 Å². The first-order valence-electron chi connectivity index (χ1n) is 19.0. The molecule has 15 nitrogen and oxygen atoms in total. The van der Waals surface area contributed by atoms with Crippen LogP contribution in [0, 0.1) is 0 Å². The Morgan fingerprint density at radius 2 is 0.882 bits per heavy atom. The van der Waals surface area contributed by atoms with Crippen molar-refractivity contribution in [2.24, 2.45) is 5.73 Å². The molecule has 0 rings (SSSR count). The number of unbranched alkanes of at least 4 members (excludes halogenated alkanes) is 13. The van der Waals surface area contributed by atoms with Gasteiger partial charge in [0.05, 0.1) is 52.9 Å². The number of carboxylic acids is 2. The van der Waals surface area contributed by atoms with E-state index in [1.165, 1.54) is 44.9 Å². The third kappa shape index (κ3) is 36.7. The Morgan fingerprint density at radius 3 is 1.33 bits per heavy atom. The highest BCUT2D eigenvalue weighted by Crippen LogP contribution is 2.14. The van der Waals surface area contributed by atoms with E-state index in [2.05, 4.69) is 16.0 Å². The zero-order valence-electron chi connectivity index (χ0n) is 30.9. The van der Waals surface area contributed by atoms with Crippen molar-refractivity contribution in [3.05, 3.63) is 0 Å². The van der Waals surface area contributed by atoms with Gasteiger partial charge in [-0.1, -0.05) is 77.0 Å². The predicted molar refractivity (Wildman–Crippen MR) is 193 cm³/mol. The second-order valence-corrected chi connectivity index (χ2v) is 12.5. The molecule has 0 radical (unpaired) electrons. The third-order valence-electron chi connectivity index (χ3n) is 7.95. The first-order chi connectivity index (χ1) is 24.8. The van der Waals surface area contributed by atoms with E-state index in [0.29, 0.717) is 59.2 Å². The summed E-state index contributed by atoms with van der Waals surface area (Å²) in [6.45, 7) is 4.04. The quantitative estimate of drug-likeness (QED) is 0.0501. The zero-order valence-corrected chi connectivity index (χ0v) is 30.9. The Hall–Kier alpha value is -2.85. The number of nitrogens with one attached hydrogen (secondary N) is 3. The van der Waals surface area contributed by atoms with Gasteiger partial charge in [0.1, 0.15) is 6.04 Å². The molecule has 298 valence electrons. The molecule has 15 heteroatoms. The molecule has 0 aromatic heterocycles. The molecule has 3 amide bonds. The Bertz CT molecular complexity index is 895. The number of carbonyl (C=O) groups excluding carboxylic acids is 3. The number of ether oxygens (including phenoxy) is 4. The lowest BCUT2D eigenvalue weighted by Crippen LogP contribution is -2.41. The molecule has 1 atom stereocenters. The molecule has 0 saturated carbocycles. The molecule has 0 bridgehead atoms. The van der Waals surface area contributed by atoms with Crippen molar-refractivity contribution in [2.75, 3.05) is 72.5 Å². The lowest BCUT2D eigenvalue weighted by atomic mass is 10.0. The Balaban J connectivity index is 3.64. The Morgan fingerprint density at radius 1 is 0.471 bits per heavy atom. The van der Waals surface area contributed by atoms with Crippen LogP contribution < -0.4 is 21.7 Å². The van der Waals surface area contributed by atoms with Gasteiger partial charge in [0.25, 0.3) is 0 Å². The molecule has 0 heterocycles. The summed E-state index contributed by atoms with van der Waals surface area (Å²) in [7, 11) is 0. The normalized spacial score (nSPS) is 11.6. The summed E-state index contributed by atoms with van der Waals surface area (Å²) in [6, 6.07) is -1.12. The number of aliphatic carboxylic acids is 2. The van der Waals surface area contributed by atoms with E-state index < -0.39 is 18.0 Å². The minimum absolute atomic E-state index is 0.000799. The minimum Gasteiger partial charge on any atom is -0.481 e. The number of hydrogen-bond donors (Lipinski definition) is 6. The van der Waals surface area contributed by atoms with Gasteiger partial charge in [0.2, 0.25) is 17.7 Å². The maximum atomic E-state index is 12.3. The standard InChI is InChI=1S/C36H68N4O11/c37-20-24-49-28-30-51-26-22-39-33(42)19-23-48-27-29-50-25-21-38-32(41)18-17-31(36(46)47)40-34(43)15-13-11-9-7-5-3-1-2-4-6-8-10-12-14-16-35(44)45/h31H,1-30,37H2,(H,38,41)(H,39,42)(H,40,43)(H,44,45)(H,46,47)/t31-/m1/s1. The summed E-state index contributed by atoms with van der Waals surface area (Å²) in [4.78, 5) is 58.3. The Kier molecular flexibility index (Phi) is 34.9. The summed E-state index contributed by atoms with van der Waals surface area (Å²) in [6.07, 6.45) is 15.9. The van der Waals surface area contributed by atoms with E-state index >= 15 is 0 Å². The lowest BCUT2D eigenvalue weighted by Gasteiger charge is -2.14. The van der Waals surface area contributed by atoms with E-state index in [1.807, 2.05) is 0 Å². The van der Waals surface area contributed by atoms with Crippen molar-refractivity contribution in [3.8, 4) is 0 Å². The average molecular weight is 733 g/mol. The first kappa shape index (κ1) is 48.1. The number of rotatable bonds is 39. The summed E-state index contributed by atoms with van der Waals surface area (Å²) < 4.78 is 21.3. The van der Waals surface area contributed by atoms with Gasteiger partial charge >= 0.3 is 11.9 Å². The maximum Gasteiger partial charge on any atom is 0.326 e. The monoisotopic (exact) mass is 732 g/mol. The topological polar surface area (TPSA) is 225 Å². The molecular weight excluding hydrogens is 664 g/mol. The summed E-state index contributed by atoms with van der Waals surface area (Å²) >= 11 is 0. The van der Waals surface area contributed by atoms with Crippen LogP contribution in [-0.2, 0) is 42.9 Å². The molecule has 0 unspecified atom stereocenters. The molecule has 51 heavy (non-hydrogen) atoms. The molecule has 0 aromatic carbocycles. The largest absolute Gasteiger partial charge is 0.481 e. The van der Waals surface area contributed by atoms with Gasteiger partial charge in [-0.3, -0.25) is 19.2 Å². The lowest BCUT2D eigenvalue weighted by molar-refractivity contribution is -0.142. The number of carboxylic acid groups (broad SMARTS) is 2. The van der Waals surface area contributed by atoms with Crippen LogP contribution in [0.25, 0.3) is 0 Å². The number of carbonyl (C=O) groups is 5. The van der Waals surface area contributed by atoms with Gasteiger partial charge in [0, 0.05) is 45.3 Å². The fourth-order valence-corrected chi connectivity index (χ4v) is 5.08. The molecule has 0 spiro atoms. The summed E-state index contributed by atoms with van der Waals surface area (Å²) in [5, 5.41) is 26.1. The molecule has 0 aliphatic carbocycles. The predicted octanol–water partition coefficient (Wildman–Crippen LogP) is 3.31. The summed E-state index contributed by atoms with van der Waals surface area (Å²) in [5.74, 6) is -2.65. The third-order valence-corrected chi connectivity index (χ3v) is 7.95. The van der Waals surface area contributed by atoms with Gasteiger partial charge in [0.15, 0.2) is 0 Å². The Labute approximate surface area is 304 Å². The SMILES string of the molecule is NCCOCCOCCNC(=O)CCOCCOCCNC(=O)CC[C@@H](NC(=O)CCCCCCCCCCCCCCCCC(=O)O)C(=O)O. The van der Waals surface area contributed by atoms with Gasteiger partial charge < -0.3 is 50.8 Å². The maximum absolute atomic E-state index is 12.3. The van der Waals surface area contributed by atoms with Crippen molar-refractivity contribution in [1.29, 1.82) is 0 Å². The van der Waals surface area contributed by atoms with Crippen molar-refractivity contribution >= 4 is 29.7 Å². The highest BCUT2D eigenvalue weighted by atomic mass is 16.5. The molecule has 7 N–H and O–H groups in total. The summed E-state index contributed by atoms with van der Waals surface area (Å²) in [5.41, 5.74) is 5.32. The van der Waals surface area contributed by atoms with Crippen molar-refractivity contribution < 1.29 is 53.1 Å². The van der Waals surface area contributed by atoms with Crippen LogP contribution in [0.3, 0.4) is 0 Å². The molecule has 0 aliphatic heterocycles. The van der Waals surface area contributed by atoms with Crippen LogP contribution in [0.1, 0.15) is 122 Å². The van der Waals surface area contributed by atoms with E-state index in [4.69, 9.17) is 29.8 Å². The van der Waals surface area contributed by atoms with Crippen LogP contribution in [-0.4, -0.2) is 118 Å². The van der Waals surface area contributed by atoms with Crippen LogP contribution in [0.5, 0.6) is 0 Å². The second-order valence-electron chi connectivity index (χ2n) is 12.5. The van der Waals surface area contributed by atoms with Gasteiger partial charge in [-0.05, 0) is 19.3 Å². The number of amides is 3. The molecule has 0 fully saturated rings. The highest BCUT2D eigenvalue weighted by Gasteiger charge is 2.20. The molecule has 0 aromatic rings. The van der Waals surface area contributed by atoms with Gasteiger partial charge in [-0.2, -0.15) is 0 Å². The zero-order chi connectivity index (χ0) is 37.6. The number of nitrogens with two attached hydrogens (primary N) is 1. The molecular formula is C36H68N4O11. The van der Waals surface area contributed by atoms with Crippen molar-refractivity contribution in [1.82, 2.24) is 16.0 Å². The smallest absolute Gasteiger partial charge is 0.326 e. The van der Waals surface area contributed by atoms with Crippen LogP contribution >= 0.6 is 0 Å². The molecule has 0 aliphatic rings. The fourth-order valence-electron chi connectivity index (χ4n) is 5.08. The van der Waals surface area contributed by atoms with Crippen molar-refractivity contribution in [2.45, 2.75) is 128 Å². The van der Waals surface area contributed by atoms with Crippen LogP contribution in [0.2, 0.25) is 0 Å². The minimum atomic E-state index is -1.16. The van der Waals surface area contributed by atoms with Crippen LogP contribution in [0.15, 0.2) is 0 Å². The number of hydrogen-bond acceptors (Lipinski definition) is 10. The van der Waals surface area contributed by atoms with E-state index in [9.17, 15) is 29.1 Å². The first-order valence-corrected chi connectivity index (χ1v) is 19.0. The van der Waals surface area contributed by atoms with E-state index in [0.717, 1.165) is 38.5 Å². The van der Waals surface area contributed by atoms with Gasteiger partial charge in [-0.15, -0.1) is 0 Å². The van der Waals surface area contributed by atoms with E-state index in [1.54, 1.807) is 0 Å². The highest BCUT2D eigenvalue weighted by molar-refractivity contribution is 5.84. The van der Waals surface area contributed by atoms with Crippen LogP contribution in [0.4, 0.5) is 0 Å². The van der Waals surface area contributed by atoms with E-state index in [-0.39, 0.29) is 69.6 Å². The second kappa shape index (κ2) is 36.9. The fraction of sp³-hybridized carbons (Fsp3) is 0.861.